The molecule has 3 N–H and O–H groups in total. The third-order valence-electron chi connectivity index (χ3n) is 16.1. The second-order valence-corrected chi connectivity index (χ2v) is 41.6. The Morgan fingerprint density at radius 1 is 0.495 bits per heavy atom. The fraction of sp³-hybridized carbons (Fsp3) is 0.921. The van der Waals surface area contributed by atoms with E-state index in [0.717, 1.165) is 128 Å². The van der Waals surface area contributed by atoms with Gasteiger partial charge in [0.05, 0.1) is 13.3 Å². The molecule has 1 aromatic carbocycles. The Morgan fingerprint density at radius 3 is 0.919 bits per heavy atom. The number of Topliss-reactive ketones (excluding diaryl/α,β-unsaturated/α-hetero) is 1. The van der Waals surface area contributed by atoms with Gasteiger partial charge in [0, 0.05) is 44.2 Å². The van der Waals surface area contributed by atoms with Gasteiger partial charge in [0.15, 0.2) is 0 Å². The number of aliphatic hydroxyl groups is 1. The minimum atomic E-state index is -2.12. The van der Waals surface area contributed by atoms with E-state index in [1.807, 2.05) is 41.5 Å². The standard InChI is InChI=1S/C10H14.C7H14.2C7H16.C6H13F.C6H14O.C6H12.2C6H14.C5H10F2.C5H11F.C5H13N.C5H12OS.C5H12O.C5H10O.C5H12.C4H10.CH4/c1-9(2)8-10-6-4-3-5-7-10;1-6(2)5-7-3-4-7;1-6(2)5-7(3)4;1-4-5-6-7(2)3;1-6(2)4-3-5-7;1-6(2)4-5-7-3;1-5(2)6-3-4-6;1-5(2)6(3)4;1-4-5-6(2)3;1-4(2)3-5(6)7;2*1-5(2)3-4-6;1-5(2)7(3,4)6;1-5(2)3-4-6;1-4(2)5(3)6;1-4-5(2)3;1-4(2)3;/h3-7,9H,8H2,1-2H3;6-7H,3-5H2,1-2H3;6-7H,5H2,1-4H3;7H,4-6H2,1-3H3;6H,3-5H2,1-2H3;6H,4-5H2,1-3H3;5-6H,3-4H2,1-2H3;5-6H,1-4H3;6H,4-5H2,1-3H3;4-5H,3H2,1-2H3;5H,3-4H2,1-2H3;5H,3-4,6H2,1-2H3;5H,3H2,1-2,4H3;5-6H,3-4H2,1-2H3;4H,1-3H3;5H,4H2,1-3H3;4H,1-3H3;1H4. The van der Waals surface area contributed by atoms with E-state index in [4.69, 9.17) is 15.6 Å². The van der Waals surface area contributed by atoms with Crippen LogP contribution in [0.5, 0.6) is 0 Å². The SMILES string of the molecule is C.C=S(C)(=O)C(C)C.CC(=O)C(C)C.CC(C)C.CC(C)C(C)C.CC(C)C1CC1.CC(C)CC(C)C.CC(C)CC(F)F.CC(C)CC1CC1.CC(C)CCCF.CC(C)CCF.CC(C)CCN.CC(C)CCO.CC(C)Cc1ccccc1.CCC(C)C.CCCC(C)C.CCCCC(C)C.COCCC(C)C. The van der Waals surface area contributed by atoms with Crippen LogP contribution in [0.3, 0.4) is 0 Å². The molecule has 111 heavy (non-hydrogen) atoms. The van der Waals surface area contributed by atoms with Gasteiger partial charge in [-0.1, -0.05) is 380 Å². The number of nitrogens with two attached hydrogens (primary N) is 1. The summed E-state index contributed by atoms with van der Waals surface area (Å²) in [4.78, 5) is 10.1. The number of carbonyl (C=O) groups is 1. The van der Waals surface area contributed by atoms with Gasteiger partial charge in [-0.15, -0.1) is 0 Å². The van der Waals surface area contributed by atoms with Crippen LogP contribution in [0.15, 0.2) is 30.3 Å². The third kappa shape index (κ3) is 234. The van der Waals surface area contributed by atoms with Crippen molar-refractivity contribution in [2.24, 2.45) is 124 Å². The van der Waals surface area contributed by atoms with E-state index in [1.165, 1.54) is 95.5 Å². The monoisotopic (exact) mass is 1620 g/mol. The van der Waals surface area contributed by atoms with E-state index in [0.29, 0.717) is 30.8 Å². The van der Waals surface area contributed by atoms with Crippen LogP contribution in [0, 0.1) is 118 Å². The van der Waals surface area contributed by atoms with Crippen LogP contribution in [-0.4, -0.2) is 79.1 Å². The molecule has 688 valence electrons. The van der Waals surface area contributed by atoms with Crippen molar-refractivity contribution in [3.8, 4) is 0 Å². The first-order valence-electron chi connectivity index (χ1n) is 45.3. The van der Waals surface area contributed by atoms with Crippen LogP contribution in [0.2, 0.25) is 0 Å². The summed E-state index contributed by atoms with van der Waals surface area (Å²) >= 11 is 0. The number of alkyl halides is 4. The number of rotatable bonds is 30. The molecule has 0 aromatic heterocycles. The van der Waals surface area contributed by atoms with Gasteiger partial charge in [-0.3, -0.25) is 17.8 Å². The number of unbranched alkanes of at least 4 members (excludes halogenated alkanes) is 1. The van der Waals surface area contributed by atoms with Gasteiger partial charge in [0.2, 0.25) is 6.43 Å². The van der Waals surface area contributed by atoms with Gasteiger partial charge in [-0.05, 0) is 217 Å². The predicted molar refractivity (Wildman–Crippen MR) is 514 cm³/mol. The predicted octanol–water partition coefficient (Wildman–Crippen LogP) is 34.4. The maximum atomic E-state index is 11.4. The number of benzene rings is 1. The Balaban J connectivity index is -0.0000000680. The van der Waals surface area contributed by atoms with Crippen molar-refractivity contribution >= 4 is 21.2 Å². The van der Waals surface area contributed by atoms with E-state index in [2.05, 4.69) is 272 Å². The maximum Gasteiger partial charge on any atom is 0.238 e. The number of aliphatic hydroxyl groups excluding tert-OH is 1. The lowest BCUT2D eigenvalue weighted by Gasteiger charge is -2.05. The lowest BCUT2D eigenvalue weighted by Crippen LogP contribution is -2.09. The zero-order chi connectivity index (χ0) is 90.3. The van der Waals surface area contributed by atoms with Crippen molar-refractivity contribution in [3.63, 3.8) is 0 Å². The first-order chi connectivity index (χ1) is 50.3. The average molecular weight is 1620 g/mol. The molecule has 1 unspecified atom stereocenters. The smallest absolute Gasteiger partial charge is 0.238 e. The van der Waals surface area contributed by atoms with E-state index in [1.54, 1.807) is 34.1 Å². The minimum absolute atomic E-state index is 0. The molecule has 0 amide bonds. The van der Waals surface area contributed by atoms with E-state index in [9.17, 15) is 26.6 Å². The molecule has 0 spiro atoms. The Hall–Kier alpha value is -1.49. The third-order valence-corrected chi connectivity index (χ3v) is 18.1. The summed E-state index contributed by atoms with van der Waals surface area (Å²) in [6, 6.07) is 10.6. The quantitative estimate of drug-likeness (QED) is 0.0592. The highest BCUT2D eigenvalue weighted by molar-refractivity contribution is 8.00. The van der Waals surface area contributed by atoms with E-state index in [-0.39, 0.29) is 50.1 Å². The first-order valence-corrected chi connectivity index (χ1v) is 47.5. The van der Waals surface area contributed by atoms with Crippen molar-refractivity contribution < 1.29 is 36.4 Å². The molecule has 0 heterocycles. The van der Waals surface area contributed by atoms with Crippen LogP contribution in [0.4, 0.5) is 17.6 Å². The van der Waals surface area contributed by atoms with E-state index >= 15 is 0 Å². The van der Waals surface area contributed by atoms with Crippen LogP contribution in [-0.2, 0) is 25.5 Å². The zero-order valence-corrected chi connectivity index (χ0v) is 85.0. The number of carbonyl (C=O) groups excluding carboxylic acids is 1. The molecular weight excluding hydrogens is 1400 g/mol. The Morgan fingerprint density at radius 2 is 0.838 bits per heavy atom. The Kier molecular flexibility index (Phi) is 141. The minimum Gasteiger partial charge on any atom is -0.396 e. The molecule has 0 bridgehead atoms. The molecule has 0 saturated heterocycles. The number of halogens is 4. The second-order valence-electron chi connectivity index (χ2n) is 38.6. The average Bonchev–Trinajstić information content (AvgIpc) is 1.80. The second kappa shape index (κ2) is 109. The summed E-state index contributed by atoms with van der Waals surface area (Å²) in [6.45, 7) is 94.1. The fourth-order valence-electron chi connectivity index (χ4n) is 7.01. The summed E-state index contributed by atoms with van der Waals surface area (Å²) in [5.41, 5.74) is 6.67. The summed E-state index contributed by atoms with van der Waals surface area (Å²) in [7, 11) is -0.00227. The van der Waals surface area contributed by atoms with Gasteiger partial charge in [0.1, 0.15) is 5.78 Å². The number of ketones is 1. The Bertz CT molecular complexity index is 1690. The molecular formula is C101H221F4NO4S. The van der Waals surface area contributed by atoms with Gasteiger partial charge >= 0.3 is 0 Å². The number of hydrogen-bond acceptors (Lipinski definition) is 5. The zero-order valence-electron chi connectivity index (χ0n) is 84.1. The highest BCUT2D eigenvalue weighted by atomic mass is 32.2. The highest BCUT2D eigenvalue weighted by Gasteiger charge is 2.24. The van der Waals surface area contributed by atoms with Crippen molar-refractivity contribution in [1.29, 1.82) is 0 Å². The fourth-order valence-corrected chi connectivity index (χ4v) is 7.01. The lowest BCUT2D eigenvalue weighted by atomic mass is 10.0. The van der Waals surface area contributed by atoms with Gasteiger partial charge in [0.25, 0.3) is 0 Å². The summed E-state index contributed by atoms with van der Waals surface area (Å²) in [5.74, 6) is 19.3. The largest absolute Gasteiger partial charge is 0.396 e. The van der Waals surface area contributed by atoms with Crippen LogP contribution >= 0.6 is 0 Å². The summed E-state index contributed by atoms with van der Waals surface area (Å²) in [6.07, 6.45) is 23.5. The molecule has 0 aliphatic heterocycles. The first kappa shape index (κ1) is 144. The molecule has 2 fully saturated rings. The molecule has 2 aliphatic rings. The van der Waals surface area contributed by atoms with Crippen molar-refractivity contribution in [1.82, 2.24) is 0 Å². The van der Waals surface area contributed by atoms with Crippen LogP contribution < -0.4 is 5.73 Å². The van der Waals surface area contributed by atoms with Crippen molar-refractivity contribution in [2.45, 2.75) is 445 Å². The number of ether oxygens (including phenoxy) is 1. The number of methoxy groups -OCH3 is 1. The molecule has 2 aliphatic carbocycles. The Labute approximate surface area is 705 Å². The number of hydrogen-bond donors (Lipinski definition) is 2. The summed E-state index contributed by atoms with van der Waals surface area (Å²) in [5, 5.41) is 8.45. The van der Waals surface area contributed by atoms with Crippen molar-refractivity contribution in [3.05, 3.63) is 35.9 Å². The molecule has 1 aromatic rings. The molecule has 5 nitrogen and oxygen atoms in total. The van der Waals surface area contributed by atoms with E-state index < -0.39 is 15.9 Å². The topological polar surface area (TPSA) is 89.6 Å². The van der Waals surface area contributed by atoms with Gasteiger partial charge in [-0.25, -0.2) is 8.78 Å². The molecule has 10 heteroatoms. The normalized spacial score (nSPS) is 12.1. The van der Waals surface area contributed by atoms with Gasteiger partial charge in [-0.2, -0.15) is 0 Å². The molecule has 1 atom stereocenters. The molecule has 0 radical (unpaired) electrons. The molecule has 2 saturated carbocycles. The van der Waals surface area contributed by atoms with Crippen molar-refractivity contribution in [2.75, 3.05) is 46.5 Å². The maximum absolute atomic E-state index is 11.4. The molecule has 3 rings (SSSR count). The van der Waals surface area contributed by atoms with Gasteiger partial charge < -0.3 is 15.6 Å². The lowest BCUT2D eigenvalue weighted by molar-refractivity contribution is -0.119. The van der Waals surface area contributed by atoms with Crippen LogP contribution in [0.1, 0.15) is 433 Å². The summed E-state index contributed by atoms with van der Waals surface area (Å²) < 4.78 is 60.8. The highest BCUT2D eigenvalue weighted by Crippen LogP contribution is 2.36. The van der Waals surface area contributed by atoms with Crippen LogP contribution in [0.25, 0.3) is 0 Å².